The molecule has 0 amide bonds. The number of esters is 1. The molecule has 0 aromatic carbocycles. The summed E-state index contributed by atoms with van der Waals surface area (Å²) < 4.78 is 10.1. The van der Waals surface area contributed by atoms with Gasteiger partial charge in [-0.25, -0.2) is 4.79 Å². The molecule has 1 rings (SSSR count). The van der Waals surface area contributed by atoms with Gasteiger partial charge in [-0.3, -0.25) is 0 Å². The summed E-state index contributed by atoms with van der Waals surface area (Å²) in [5.74, 6) is -0.352. The lowest BCUT2D eigenvalue weighted by atomic mass is 9.94. The van der Waals surface area contributed by atoms with Crippen LogP contribution in [0, 0.1) is 0 Å². The molecule has 70 valence electrons. The predicted octanol–water partition coefficient (Wildman–Crippen LogP) is 0.0558. The molecule has 2 atom stereocenters. The van der Waals surface area contributed by atoms with Crippen LogP contribution < -0.4 is 5.73 Å². The second-order valence-corrected chi connectivity index (χ2v) is 3.02. The molecule has 1 saturated heterocycles. The van der Waals surface area contributed by atoms with Crippen LogP contribution in [0.4, 0.5) is 0 Å². The van der Waals surface area contributed by atoms with Crippen LogP contribution >= 0.6 is 0 Å². The lowest BCUT2D eigenvalue weighted by Crippen LogP contribution is -2.54. The number of ether oxygens (including phenoxy) is 2. The molecule has 1 aliphatic heterocycles. The highest BCUT2D eigenvalue weighted by Gasteiger charge is 2.45. The van der Waals surface area contributed by atoms with Crippen LogP contribution in [-0.4, -0.2) is 30.8 Å². The first-order chi connectivity index (χ1) is 5.61. The first kappa shape index (κ1) is 9.48. The summed E-state index contributed by atoms with van der Waals surface area (Å²) in [4.78, 5) is 11.4. The minimum absolute atomic E-state index is 0.239. The molecule has 2 N–H and O–H groups in total. The van der Waals surface area contributed by atoms with E-state index in [1.54, 1.807) is 13.8 Å². The molecular formula is C8H15NO3. The summed E-state index contributed by atoms with van der Waals surface area (Å²) in [7, 11) is 0. The van der Waals surface area contributed by atoms with E-state index in [9.17, 15) is 4.79 Å². The Morgan fingerprint density at radius 1 is 1.83 bits per heavy atom. The normalized spacial score (nSPS) is 35.1. The summed E-state index contributed by atoms with van der Waals surface area (Å²) in [6.07, 6.45) is 0.309. The largest absolute Gasteiger partial charge is 0.465 e. The number of rotatable bonds is 2. The van der Waals surface area contributed by atoms with Gasteiger partial charge in [0.05, 0.1) is 12.7 Å². The minimum atomic E-state index is -0.921. The highest BCUT2D eigenvalue weighted by Crippen LogP contribution is 2.24. The van der Waals surface area contributed by atoms with Gasteiger partial charge in [0.1, 0.15) is 5.54 Å². The van der Waals surface area contributed by atoms with E-state index in [0.29, 0.717) is 19.6 Å². The Bertz CT molecular complexity index is 183. The van der Waals surface area contributed by atoms with Gasteiger partial charge in [-0.1, -0.05) is 0 Å². The molecule has 1 aliphatic rings. The highest BCUT2D eigenvalue weighted by atomic mass is 16.5. The van der Waals surface area contributed by atoms with Crippen LogP contribution in [0.25, 0.3) is 0 Å². The highest BCUT2D eigenvalue weighted by molar-refractivity contribution is 5.81. The lowest BCUT2D eigenvalue weighted by Gasteiger charge is -2.24. The third-order valence-electron chi connectivity index (χ3n) is 2.26. The van der Waals surface area contributed by atoms with E-state index in [2.05, 4.69) is 0 Å². The smallest absolute Gasteiger partial charge is 0.328 e. The zero-order valence-corrected chi connectivity index (χ0v) is 7.50. The molecule has 4 heteroatoms. The van der Waals surface area contributed by atoms with Crippen molar-refractivity contribution in [3.8, 4) is 0 Å². The fourth-order valence-electron chi connectivity index (χ4n) is 1.29. The lowest BCUT2D eigenvalue weighted by molar-refractivity contribution is -0.151. The summed E-state index contributed by atoms with van der Waals surface area (Å²) in [6.45, 7) is 4.46. The Morgan fingerprint density at radius 3 is 2.92 bits per heavy atom. The first-order valence-corrected chi connectivity index (χ1v) is 4.19. The quantitative estimate of drug-likeness (QED) is 0.600. The third kappa shape index (κ3) is 1.44. The molecule has 0 aliphatic carbocycles. The van der Waals surface area contributed by atoms with Crippen molar-refractivity contribution in [3.63, 3.8) is 0 Å². The van der Waals surface area contributed by atoms with E-state index in [1.807, 2.05) is 0 Å². The molecule has 12 heavy (non-hydrogen) atoms. The fraction of sp³-hybridized carbons (Fsp3) is 0.875. The molecule has 2 unspecified atom stereocenters. The van der Waals surface area contributed by atoms with Gasteiger partial charge in [-0.15, -0.1) is 0 Å². The molecule has 1 heterocycles. The Kier molecular flexibility index (Phi) is 2.69. The number of carbonyl (C=O) groups excluding carboxylic acids is 1. The van der Waals surface area contributed by atoms with E-state index in [4.69, 9.17) is 15.2 Å². The zero-order chi connectivity index (χ0) is 9.19. The summed E-state index contributed by atoms with van der Waals surface area (Å²) in [6, 6.07) is 0. The molecule has 0 spiro atoms. The minimum Gasteiger partial charge on any atom is -0.465 e. The predicted molar refractivity (Wildman–Crippen MR) is 43.6 cm³/mol. The fourth-order valence-corrected chi connectivity index (χ4v) is 1.29. The average Bonchev–Trinajstić information content (AvgIpc) is 2.34. The van der Waals surface area contributed by atoms with Crippen molar-refractivity contribution in [2.24, 2.45) is 5.73 Å². The van der Waals surface area contributed by atoms with Crippen molar-refractivity contribution in [3.05, 3.63) is 0 Å². The van der Waals surface area contributed by atoms with Gasteiger partial charge >= 0.3 is 5.97 Å². The van der Waals surface area contributed by atoms with E-state index < -0.39 is 5.54 Å². The Labute approximate surface area is 72.0 Å². The van der Waals surface area contributed by atoms with E-state index in [1.165, 1.54) is 0 Å². The maximum absolute atomic E-state index is 11.4. The molecular weight excluding hydrogens is 158 g/mol. The number of hydrogen-bond donors (Lipinski definition) is 1. The molecule has 0 aromatic rings. The molecule has 0 bridgehead atoms. The Hall–Kier alpha value is -0.610. The van der Waals surface area contributed by atoms with Crippen LogP contribution in [0.5, 0.6) is 0 Å². The van der Waals surface area contributed by atoms with Gasteiger partial charge in [-0.05, 0) is 13.8 Å². The molecule has 0 aromatic heterocycles. The molecule has 4 nitrogen and oxygen atoms in total. The van der Waals surface area contributed by atoms with Crippen LogP contribution in [0.1, 0.15) is 20.3 Å². The molecule has 1 fully saturated rings. The maximum atomic E-state index is 11.4. The van der Waals surface area contributed by atoms with Gasteiger partial charge in [0.15, 0.2) is 0 Å². The van der Waals surface area contributed by atoms with Gasteiger partial charge in [-0.2, -0.15) is 0 Å². The van der Waals surface area contributed by atoms with Crippen molar-refractivity contribution < 1.29 is 14.3 Å². The standard InChI is InChI=1S/C8H15NO3/c1-3-11-7(10)8(9)4-5-12-6(8)2/h6H,3-5,9H2,1-2H3. The van der Waals surface area contributed by atoms with Crippen molar-refractivity contribution >= 4 is 5.97 Å². The SMILES string of the molecule is CCOC(=O)C1(N)CCOC1C. The maximum Gasteiger partial charge on any atom is 0.328 e. The van der Waals surface area contributed by atoms with Crippen molar-refractivity contribution in [2.45, 2.75) is 31.9 Å². The van der Waals surface area contributed by atoms with Crippen molar-refractivity contribution in [1.82, 2.24) is 0 Å². The van der Waals surface area contributed by atoms with E-state index >= 15 is 0 Å². The van der Waals surface area contributed by atoms with Crippen LogP contribution in [0.2, 0.25) is 0 Å². The summed E-state index contributed by atoms with van der Waals surface area (Å²) >= 11 is 0. The van der Waals surface area contributed by atoms with Crippen LogP contribution in [-0.2, 0) is 14.3 Å². The molecule has 0 saturated carbocycles. The van der Waals surface area contributed by atoms with E-state index in [0.717, 1.165) is 0 Å². The summed E-state index contributed by atoms with van der Waals surface area (Å²) in [5.41, 5.74) is 4.91. The number of carbonyl (C=O) groups is 1. The number of nitrogens with two attached hydrogens (primary N) is 1. The second-order valence-electron chi connectivity index (χ2n) is 3.02. The average molecular weight is 173 g/mol. The van der Waals surface area contributed by atoms with Crippen LogP contribution in [0.15, 0.2) is 0 Å². The second kappa shape index (κ2) is 3.41. The van der Waals surface area contributed by atoms with Crippen LogP contribution in [0.3, 0.4) is 0 Å². The Balaban J connectivity index is 2.63. The van der Waals surface area contributed by atoms with Crippen molar-refractivity contribution in [1.29, 1.82) is 0 Å². The first-order valence-electron chi connectivity index (χ1n) is 4.19. The number of hydrogen-bond acceptors (Lipinski definition) is 4. The topological polar surface area (TPSA) is 61.5 Å². The van der Waals surface area contributed by atoms with Gasteiger partial charge in [0.25, 0.3) is 0 Å². The van der Waals surface area contributed by atoms with Gasteiger partial charge in [0, 0.05) is 13.0 Å². The molecule has 0 radical (unpaired) electrons. The summed E-state index contributed by atoms with van der Waals surface area (Å²) in [5, 5.41) is 0. The third-order valence-corrected chi connectivity index (χ3v) is 2.26. The van der Waals surface area contributed by atoms with Gasteiger partial charge < -0.3 is 15.2 Å². The Morgan fingerprint density at radius 2 is 2.50 bits per heavy atom. The zero-order valence-electron chi connectivity index (χ0n) is 7.50. The van der Waals surface area contributed by atoms with Crippen molar-refractivity contribution in [2.75, 3.05) is 13.2 Å². The monoisotopic (exact) mass is 173 g/mol. The van der Waals surface area contributed by atoms with Gasteiger partial charge in [0.2, 0.25) is 0 Å². The van der Waals surface area contributed by atoms with E-state index in [-0.39, 0.29) is 12.1 Å².